The lowest BCUT2D eigenvalue weighted by atomic mass is 10.0. The van der Waals surface area contributed by atoms with E-state index in [1.807, 2.05) is 4.90 Å². The van der Waals surface area contributed by atoms with Gasteiger partial charge in [0.15, 0.2) is 9.84 Å². The van der Waals surface area contributed by atoms with Gasteiger partial charge in [0.05, 0.1) is 5.25 Å². The van der Waals surface area contributed by atoms with Crippen LogP contribution in [0.3, 0.4) is 0 Å². The molecular weight excluding hydrogens is 300 g/mol. The van der Waals surface area contributed by atoms with E-state index in [1.165, 1.54) is 19.3 Å². The number of fused-ring (bicyclic) bond motifs is 5. The van der Waals surface area contributed by atoms with Crippen LogP contribution in [0.1, 0.15) is 39.0 Å². The maximum Gasteiger partial charge on any atom is 0.317 e. The molecule has 2 amide bonds. The Hall–Kier alpha value is -0.780. The van der Waals surface area contributed by atoms with E-state index in [9.17, 15) is 13.2 Å². The monoisotopic (exact) mass is 326 g/mol. The third-order valence-electron chi connectivity index (χ3n) is 6.66. The van der Waals surface area contributed by atoms with Crippen LogP contribution in [-0.4, -0.2) is 49.5 Å². The van der Waals surface area contributed by atoms with Crippen molar-refractivity contribution in [3.63, 3.8) is 0 Å². The molecule has 2 bridgehead atoms. The summed E-state index contributed by atoms with van der Waals surface area (Å²) in [6.07, 6.45) is 5.29. The molecule has 4 atom stereocenters. The van der Waals surface area contributed by atoms with Crippen molar-refractivity contribution in [2.24, 2.45) is 23.7 Å². The van der Waals surface area contributed by atoms with Crippen molar-refractivity contribution in [3.8, 4) is 0 Å². The van der Waals surface area contributed by atoms with E-state index >= 15 is 0 Å². The molecule has 0 aromatic carbocycles. The molecule has 4 rings (SSSR count). The summed E-state index contributed by atoms with van der Waals surface area (Å²) in [5, 5.41) is 2.98. The van der Waals surface area contributed by atoms with E-state index < -0.39 is 9.84 Å². The standard InChI is InChI=1S/C16H26N2O3S/c1-2-22(20,21)12-5-7-18(8-6-12)16(19)17-15-13-10-3-4-11(9-10)14(13)15/h10-15H,2-9H2,1H3,(H,17,19). The van der Waals surface area contributed by atoms with Gasteiger partial charge in [0, 0.05) is 24.9 Å². The number of carbonyl (C=O) groups is 1. The number of likely N-dealkylation sites (tertiary alicyclic amines) is 1. The van der Waals surface area contributed by atoms with E-state index in [0.29, 0.717) is 32.0 Å². The van der Waals surface area contributed by atoms with Crippen LogP contribution in [-0.2, 0) is 9.84 Å². The Morgan fingerprint density at radius 3 is 2.23 bits per heavy atom. The third-order valence-corrected chi connectivity index (χ3v) is 8.96. The van der Waals surface area contributed by atoms with E-state index in [4.69, 9.17) is 0 Å². The highest BCUT2D eigenvalue weighted by atomic mass is 32.2. The van der Waals surface area contributed by atoms with Gasteiger partial charge in [-0.2, -0.15) is 0 Å². The van der Waals surface area contributed by atoms with Gasteiger partial charge in [0.1, 0.15) is 0 Å². The van der Waals surface area contributed by atoms with Gasteiger partial charge < -0.3 is 10.2 Å². The van der Waals surface area contributed by atoms with Crippen LogP contribution < -0.4 is 5.32 Å². The first-order chi connectivity index (χ1) is 10.5. The minimum atomic E-state index is -2.96. The Kier molecular flexibility index (Phi) is 3.44. The van der Waals surface area contributed by atoms with Crippen molar-refractivity contribution in [1.29, 1.82) is 0 Å². The van der Waals surface area contributed by atoms with Gasteiger partial charge in [0.25, 0.3) is 0 Å². The van der Waals surface area contributed by atoms with Crippen molar-refractivity contribution in [3.05, 3.63) is 0 Å². The molecule has 5 nitrogen and oxygen atoms in total. The molecule has 124 valence electrons. The number of hydrogen-bond donors (Lipinski definition) is 1. The number of amides is 2. The van der Waals surface area contributed by atoms with Crippen LogP contribution >= 0.6 is 0 Å². The number of urea groups is 1. The molecule has 3 aliphatic carbocycles. The second-order valence-electron chi connectivity index (χ2n) is 7.60. The Bertz CT molecular complexity index is 552. The maximum absolute atomic E-state index is 12.4. The van der Waals surface area contributed by atoms with E-state index in [1.54, 1.807) is 6.92 Å². The van der Waals surface area contributed by atoms with Crippen molar-refractivity contribution in [2.45, 2.75) is 50.3 Å². The SMILES string of the molecule is CCS(=O)(=O)C1CCN(C(=O)NC2C3C4CCC(C4)C23)CC1. The second kappa shape index (κ2) is 5.11. The molecule has 6 heteroatoms. The average molecular weight is 326 g/mol. The smallest absolute Gasteiger partial charge is 0.317 e. The summed E-state index contributed by atoms with van der Waals surface area (Å²) in [6, 6.07) is 0.446. The molecule has 0 spiro atoms. The summed E-state index contributed by atoms with van der Waals surface area (Å²) in [5.74, 6) is 3.43. The van der Waals surface area contributed by atoms with Gasteiger partial charge in [-0.15, -0.1) is 0 Å². The Labute approximate surface area is 132 Å². The number of nitrogens with one attached hydrogen (secondary N) is 1. The van der Waals surface area contributed by atoms with Crippen molar-refractivity contribution >= 4 is 15.9 Å². The molecule has 3 saturated carbocycles. The summed E-state index contributed by atoms with van der Waals surface area (Å²) in [5.41, 5.74) is 0. The predicted molar refractivity (Wildman–Crippen MR) is 84.2 cm³/mol. The predicted octanol–water partition coefficient (Wildman–Crippen LogP) is 1.64. The summed E-state index contributed by atoms with van der Waals surface area (Å²) in [6.45, 7) is 2.85. The minimum absolute atomic E-state index is 0.0335. The quantitative estimate of drug-likeness (QED) is 0.857. The fourth-order valence-electron chi connectivity index (χ4n) is 5.41. The fourth-order valence-corrected chi connectivity index (χ4v) is 6.81. The second-order valence-corrected chi connectivity index (χ2v) is 10.2. The van der Waals surface area contributed by atoms with Gasteiger partial charge in [-0.25, -0.2) is 13.2 Å². The molecule has 0 radical (unpaired) electrons. The van der Waals surface area contributed by atoms with Crippen LogP contribution in [0.25, 0.3) is 0 Å². The normalized spacial score (nSPS) is 40.6. The van der Waals surface area contributed by atoms with Crippen molar-refractivity contribution < 1.29 is 13.2 Å². The maximum atomic E-state index is 12.4. The van der Waals surface area contributed by atoms with Crippen LogP contribution in [0.5, 0.6) is 0 Å². The Morgan fingerprint density at radius 1 is 1.09 bits per heavy atom. The molecule has 1 aliphatic heterocycles. The number of piperidine rings is 1. The van der Waals surface area contributed by atoms with E-state index in [0.717, 1.165) is 23.7 Å². The highest BCUT2D eigenvalue weighted by Crippen LogP contribution is 2.65. The zero-order valence-corrected chi connectivity index (χ0v) is 14.0. The largest absolute Gasteiger partial charge is 0.335 e. The number of sulfone groups is 1. The topological polar surface area (TPSA) is 66.5 Å². The van der Waals surface area contributed by atoms with Gasteiger partial charge in [-0.3, -0.25) is 0 Å². The summed E-state index contributed by atoms with van der Waals surface area (Å²) < 4.78 is 23.8. The van der Waals surface area contributed by atoms with Crippen LogP contribution in [0.4, 0.5) is 4.79 Å². The first-order valence-electron chi connectivity index (χ1n) is 8.78. The molecule has 0 aromatic heterocycles. The molecule has 4 unspecified atom stereocenters. The van der Waals surface area contributed by atoms with Gasteiger partial charge in [-0.05, 0) is 55.8 Å². The number of nitrogens with zero attached hydrogens (tertiary/aromatic N) is 1. The van der Waals surface area contributed by atoms with Gasteiger partial charge >= 0.3 is 6.03 Å². The Morgan fingerprint density at radius 2 is 1.68 bits per heavy atom. The molecular formula is C16H26N2O3S. The number of carbonyl (C=O) groups excluding carboxylic acids is 1. The first-order valence-corrected chi connectivity index (χ1v) is 10.5. The van der Waals surface area contributed by atoms with E-state index in [2.05, 4.69) is 5.32 Å². The Balaban J connectivity index is 1.29. The van der Waals surface area contributed by atoms with Crippen molar-refractivity contribution in [1.82, 2.24) is 10.2 Å². The molecule has 1 heterocycles. The summed E-state index contributed by atoms with van der Waals surface area (Å²) in [7, 11) is -2.96. The first kappa shape index (κ1) is 14.8. The highest BCUT2D eigenvalue weighted by Gasteiger charge is 2.65. The van der Waals surface area contributed by atoms with Crippen LogP contribution in [0, 0.1) is 23.7 Å². The van der Waals surface area contributed by atoms with Crippen molar-refractivity contribution in [2.75, 3.05) is 18.8 Å². The lowest BCUT2D eigenvalue weighted by Gasteiger charge is -2.32. The van der Waals surface area contributed by atoms with Crippen LogP contribution in [0.2, 0.25) is 0 Å². The molecule has 4 fully saturated rings. The lowest BCUT2D eigenvalue weighted by molar-refractivity contribution is 0.184. The summed E-state index contributed by atoms with van der Waals surface area (Å²) >= 11 is 0. The average Bonchev–Trinajstić information content (AvgIpc) is 2.92. The number of hydrogen-bond acceptors (Lipinski definition) is 3. The van der Waals surface area contributed by atoms with Gasteiger partial charge in [0.2, 0.25) is 0 Å². The molecule has 1 N–H and O–H groups in total. The van der Waals surface area contributed by atoms with Crippen LogP contribution in [0.15, 0.2) is 0 Å². The third kappa shape index (κ3) is 2.25. The highest BCUT2D eigenvalue weighted by molar-refractivity contribution is 7.92. The minimum Gasteiger partial charge on any atom is -0.335 e. The lowest BCUT2D eigenvalue weighted by Crippen LogP contribution is -2.48. The van der Waals surface area contributed by atoms with E-state index in [-0.39, 0.29) is 17.0 Å². The molecule has 22 heavy (non-hydrogen) atoms. The molecule has 4 aliphatic rings. The summed E-state index contributed by atoms with van der Waals surface area (Å²) in [4.78, 5) is 14.2. The molecule has 0 aromatic rings. The van der Waals surface area contributed by atoms with Gasteiger partial charge in [-0.1, -0.05) is 6.92 Å². The zero-order valence-electron chi connectivity index (χ0n) is 13.2. The number of rotatable bonds is 3. The fraction of sp³-hybridized carbons (Fsp3) is 0.938. The zero-order chi connectivity index (χ0) is 15.5. The molecule has 1 saturated heterocycles.